The average Bonchev–Trinajstić information content (AvgIpc) is 3.24. The number of alkyl halides is 3. The first-order chi connectivity index (χ1) is 14.9. The molecule has 31 heavy (non-hydrogen) atoms. The Labute approximate surface area is 186 Å². The molecule has 1 aromatic heterocycles. The Bertz CT molecular complexity index is 1020. The molecule has 0 spiro atoms. The van der Waals surface area contributed by atoms with Crippen LogP contribution in [0.3, 0.4) is 0 Å². The molecule has 2 N–H and O–H groups in total. The van der Waals surface area contributed by atoms with E-state index in [1.54, 1.807) is 48.5 Å². The number of halogens is 4. The molecule has 1 aliphatic carbocycles. The molecule has 1 fully saturated rings. The van der Waals surface area contributed by atoms with Crippen molar-refractivity contribution in [3.63, 3.8) is 0 Å². The minimum atomic E-state index is -4.59. The number of hydrogen-bond donors (Lipinski definition) is 2. The SMILES string of the molecule is FC(F)(F)c1cnc(Nc2ccc(Br)cc2)nc1Nc1ccc(OC2CCCC2)cc1. The highest BCUT2D eigenvalue weighted by molar-refractivity contribution is 9.10. The second kappa shape index (κ2) is 9.13. The van der Waals surface area contributed by atoms with Gasteiger partial charge in [0.05, 0.1) is 6.10 Å². The summed E-state index contributed by atoms with van der Waals surface area (Å²) in [6.45, 7) is 0. The van der Waals surface area contributed by atoms with Gasteiger partial charge >= 0.3 is 6.18 Å². The molecule has 2 aromatic carbocycles. The number of aromatic nitrogens is 2. The summed E-state index contributed by atoms with van der Waals surface area (Å²) in [5, 5.41) is 5.68. The van der Waals surface area contributed by atoms with E-state index in [9.17, 15) is 13.2 Å². The summed E-state index contributed by atoms with van der Waals surface area (Å²) in [4.78, 5) is 7.88. The van der Waals surface area contributed by atoms with Gasteiger partial charge in [0.2, 0.25) is 5.95 Å². The smallest absolute Gasteiger partial charge is 0.421 e. The van der Waals surface area contributed by atoms with Crippen LogP contribution < -0.4 is 15.4 Å². The maximum Gasteiger partial charge on any atom is 0.421 e. The van der Waals surface area contributed by atoms with E-state index >= 15 is 0 Å². The first kappa shape index (κ1) is 21.4. The van der Waals surface area contributed by atoms with Crippen molar-refractivity contribution < 1.29 is 17.9 Å². The Morgan fingerprint density at radius 2 is 1.52 bits per heavy atom. The largest absolute Gasteiger partial charge is 0.490 e. The Balaban J connectivity index is 1.54. The molecule has 162 valence electrons. The Morgan fingerprint density at radius 1 is 0.903 bits per heavy atom. The number of hydrogen-bond acceptors (Lipinski definition) is 5. The summed E-state index contributed by atoms with van der Waals surface area (Å²) in [5.74, 6) is 0.430. The highest BCUT2D eigenvalue weighted by atomic mass is 79.9. The van der Waals surface area contributed by atoms with E-state index in [-0.39, 0.29) is 17.9 Å². The van der Waals surface area contributed by atoms with Crippen molar-refractivity contribution in [3.05, 3.63) is 64.8 Å². The number of ether oxygens (including phenoxy) is 1. The van der Waals surface area contributed by atoms with E-state index < -0.39 is 11.7 Å². The fraction of sp³-hybridized carbons (Fsp3) is 0.273. The summed E-state index contributed by atoms with van der Waals surface area (Å²) < 4.78 is 47.2. The third kappa shape index (κ3) is 5.66. The molecule has 9 heteroatoms. The third-order valence-electron chi connectivity index (χ3n) is 4.92. The van der Waals surface area contributed by atoms with Gasteiger partial charge in [-0.3, -0.25) is 0 Å². The van der Waals surface area contributed by atoms with Crippen molar-refractivity contribution >= 4 is 39.1 Å². The quantitative estimate of drug-likeness (QED) is 0.385. The van der Waals surface area contributed by atoms with Crippen molar-refractivity contribution in [2.45, 2.75) is 38.0 Å². The number of anilines is 4. The lowest BCUT2D eigenvalue weighted by atomic mass is 10.2. The Kier molecular flexibility index (Phi) is 6.31. The Hall–Kier alpha value is -2.81. The number of rotatable bonds is 6. The zero-order valence-corrected chi connectivity index (χ0v) is 18.0. The van der Waals surface area contributed by atoms with Crippen molar-refractivity contribution in [2.24, 2.45) is 0 Å². The summed E-state index contributed by atoms with van der Waals surface area (Å²) in [5.41, 5.74) is 0.181. The van der Waals surface area contributed by atoms with Crippen LogP contribution in [0.4, 0.5) is 36.3 Å². The van der Waals surface area contributed by atoms with E-state index in [0.717, 1.165) is 36.4 Å². The lowest BCUT2D eigenvalue weighted by molar-refractivity contribution is -0.137. The normalized spacial score (nSPS) is 14.5. The average molecular weight is 493 g/mol. The molecule has 1 saturated carbocycles. The molecule has 0 saturated heterocycles. The maximum atomic E-state index is 13.5. The molecule has 3 aromatic rings. The van der Waals surface area contributed by atoms with E-state index in [1.165, 1.54) is 0 Å². The van der Waals surface area contributed by atoms with Crippen LogP contribution in [-0.4, -0.2) is 16.1 Å². The van der Waals surface area contributed by atoms with E-state index in [0.29, 0.717) is 17.1 Å². The van der Waals surface area contributed by atoms with Gasteiger partial charge in [0.15, 0.2) is 0 Å². The van der Waals surface area contributed by atoms with Crippen LogP contribution in [0.25, 0.3) is 0 Å². The molecule has 1 heterocycles. The molecule has 5 nitrogen and oxygen atoms in total. The van der Waals surface area contributed by atoms with Gasteiger partial charge in [-0.2, -0.15) is 18.2 Å². The first-order valence-electron chi connectivity index (χ1n) is 9.87. The minimum absolute atomic E-state index is 0.0546. The highest BCUT2D eigenvalue weighted by Gasteiger charge is 2.35. The number of nitrogens with zero attached hydrogens (tertiary/aromatic N) is 2. The van der Waals surface area contributed by atoms with Crippen LogP contribution in [0.1, 0.15) is 31.2 Å². The van der Waals surface area contributed by atoms with Crippen molar-refractivity contribution in [3.8, 4) is 5.75 Å². The van der Waals surface area contributed by atoms with E-state index in [2.05, 4.69) is 36.5 Å². The third-order valence-corrected chi connectivity index (χ3v) is 5.45. The molecule has 1 aliphatic rings. The summed E-state index contributed by atoms with van der Waals surface area (Å²) in [6.07, 6.45) is 0.778. The van der Waals surface area contributed by atoms with Gasteiger partial charge < -0.3 is 15.4 Å². The van der Waals surface area contributed by atoms with Crippen molar-refractivity contribution in [1.82, 2.24) is 9.97 Å². The van der Waals surface area contributed by atoms with Gasteiger partial charge in [-0.1, -0.05) is 15.9 Å². The molecule has 4 rings (SSSR count). The van der Waals surface area contributed by atoms with Crippen LogP contribution in [0.5, 0.6) is 5.75 Å². The maximum absolute atomic E-state index is 13.5. The molecule has 0 radical (unpaired) electrons. The second-order valence-corrected chi connectivity index (χ2v) is 8.17. The first-order valence-corrected chi connectivity index (χ1v) is 10.7. The summed E-state index contributed by atoms with van der Waals surface area (Å²) >= 11 is 3.34. The lowest BCUT2D eigenvalue weighted by Gasteiger charge is -2.16. The van der Waals surface area contributed by atoms with Crippen LogP contribution >= 0.6 is 15.9 Å². The molecule has 0 bridgehead atoms. The molecular weight excluding hydrogens is 473 g/mol. The molecule has 0 atom stereocenters. The highest BCUT2D eigenvalue weighted by Crippen LogP contribution is 2.35. The predicted octanol–water partition coefficient (Wildman–Crippen LogP) is 7.07. The molecule has 0 amide bonds. The van der Waals surface area contributed by atoms with Crippen LogP contribution in [0.15, 0.2) is 59.2 Å². The zero-order valence-electron chi connectivity index (χ0n) is 16.4. The van der Waals surface area contributed by atoms with E-state index in [4.69, 9.17) is 4.74 Å². The van der Waals surface area contributed by atoms with Gasteiger partial charge in [0.1, 0.15) is 17.1 Å². The van der Waals surface area contributed by atoms with Gasteiger partial charge in [-0.25, -0.2) is 4.98 Å². The van der Waals surface area contributed by atoms with Crippen molar-refractivity contribution in [2.75, 3.05) is 10.6 Å². The van der Waals surface area contributed by atoms with E-state index in [1.807, 2.05) is 0 Å². The monoisotopic (exact) mass is 492 g/mol. The van der Waals surface area contributed by atoms with Gasteiger partial charge in [-0.05, 0) is 74.2 Å². The fourth-order valence-corrected chi connectivity index (χ4v) is 3.62. The summed E-state index contributed by atoms with van der Waals surface area (Å²) in [7, 11) is 0. The molecule has 0 aliphatic heterocycles. The zero-order chi connectivity index (χ0) is 21.8. The topological polar surface area (TPSA) is 59.1 Å². The number of nitrogens with one attached hydrogen (secondary N) is 2. The summed E-state index contributed by atoms with van der Waals surface area (Å²) in [6, 6.07) is 14.0. The fourth-order valence-electron chi connectivity index (χ4n) is 3.36. The molecule has 0 unspecified atom stereocenters. The molecular formula is C22H20BrF3N4O. The van der Waals surface area contributed by atoms with Crippen LogP contribution in [-0.2, 0) is 6.18 Å². The standard InChI is InChI=1S/C22H20BrF3N4O/c23-14-5-7-16(8-6-14)29-21-27-13-19(22(24,25)26)20(30-21)28-15-9-11-18(12-10-15)31-17-3-1-2-4-17/h5-13,17H,1-4H2,(H2,27,28,29,30). The van der Waals surface area contributed by atoms with Crippen LogP contribution in [0.2, 0.25) is 0 Å². The Morgan fingerprint density at radius 3 is 2.16 bits per heavy atom. The second-order valence-electron chi connectivity index (χ2n) is 7.26. The minimum Gasteiger partial charge on any atom is -0.490 e. The van der Waals surface area contributed by atoms with Gasteiger partial charge in [-0.15, -0.1) is 0 Å². The van der Waals surface area contributed by atoms with Gasteiger partial charge in [0.25, 0.3) is 0 Å². The lowest BCUT2D eigenvalue weighted by Crippen LogP contribution is -2.13. The number of benzene rings is 2. The predicted molar refractivity (Wildman–Crippen MR) is 117 cm³/mol. The van der Waals surface area contributed by atoms with Crippen molar-refractivity contribution in [1.29, 1.82) is 0 Å². The van der Waals surface area contributed by atoms with Crippen LogP contribution in [0, 0.1) is 0 Å². The van der Waals surface area contributed by atoms with Gasteiger partial charge in [0, 0.05) is 22.0 Å².